The monoisotopic (exact) mass is 372 g/mol. The maximum atomic E-state index is 12.9. The van der Waals surface area contributed by atoms with Gasteiger partial charge in [-0.1, -0.05) is 38.3 Å². The number of benzene rings is 1. The molecule has 1 aliphatic carbocycles. The highest BCUT2D eigenvalue weighted by Crippen LogP contribution is 2.39. The van der Waals surface area contributed by atoms with Crippen molar-refractivity contribution < 1.29 is 14.4 Å². The summed E-state index contributed by atoms with van der Waals surface area (Å²) in [6, 6.07) is 7.17. The van der Waals surface area contributed by atoms with Crippen molar-refractivity contribution in [2.24, 2.45) is 0 Å². The van der Waals surface area contributed by atoms with E-state index in [1.54, 1.807) is 18.0 Å². The van der Waals surface area contributed by atoms with Gasteiger partial charge in [-0.2, -0.15) is 0 Å². The fourth-order valence-corrected chi connectivity index (χ4v) is 4.04. The summed E-state index contributed by atoms with van der Waals surface area (Å²) >= 11 is 0. The Kier molecular flexibility index (Phi) is 5.79. The first-order valence-corrected chi connectivity index (χ1v) is 9.67. The topological polar surface area (TPSA) is 81.8 Å². The van der Waals surface area contributed by atoms with Gasteiger partial charge in [0.05, 0.1) is 0 Å². The van der Waals surface area contributed by atoms with Crippen LogP contribution >= 0.6 is 0 Å². The number of hydrogen-bond acceptors (Lipinski definition) is 4. The van der Waals surface area contributed by atoms with Crippen molar-refractivity contribution >= 4 is 23.5 Å². The van der Waals surface area contributed by atoms with E-state index in [0.29, 0.717) is 18.5 Å². The predicted molar refractivity (Wildman–Crippen MR) is 103 cm³/mol. The fraction of sp³-hybridized carbons (Fsp3) is 0.550. The summed E-state index contributed by atoms with van der Waals surface area (Å²) in [7, 11) is 1.67. The second-order valence-electron chi connectivity index (χ2n) is 7.35. The van der Waals surface area contributed by atoms with Gasteiger partial charge in [-0.05, 0) is 37.1 Å². The average Bonchev–Trinajstić information content (AvgIpc) is 2.83. The number of rotatable bonds is 6. The van der Waals surface area contributed by atoms with Gasteiger partial charge in [-0.3, -0.25) is 14.5 Å². The zero-order valence-corrected chi connectivity index (χ0v) is 16.1. The van der Waals surface area contributed by atoms with Gasteiger partial charge in [0.2, 0.25) is 5.91 Å². The number of carbonyl (C=O) groups is 3. The number of imide groups is 1. The number of carbonyl (C=O) groups excluding carboxylic acids is 3. The van der Waals surface area contributed by atoms with E-state index in [2.05, 4.69) is 10.6 Å². The number of urea groups is 1. The summed E-state index contributed by atoms with van der Waals surface area (Å²) in [5.41, 5.74) is 0.973. The molecule has 0 aromatic heterocycles. The van der Waals surface area contributed by atoms with Crippen LogP contribution in [0.25, 0.3) is 0 Å². The standard InChI is InChI=1S/C20H28N4O3/c1-3-21-13-15-8-7-9-16(12-15)22-17(25)14-24-18(26)20(23(2)19(24)27)10-5-4-6-11-20/h7-9,12,21H,3-6,10-11,13-14H2,1-2H3,(H,22,25). The van der Waals surface area contributed by atoms with E-state index in [1.165, 1.54) is 0 Å². The van der Waals surface area contributed by atoms with Crippen LogP contribution in [0.4, 0.5) is 10.5 Å². The zero-order chi connectivity index (χ0) is 19.4. The van der Waals surface area contributed by atoms with Crippen molar-refractivity contribution in [3.63, 3.8) is 0 Å². The molecule has 1 aliphatic heterocycles. The van der Waals surface area contributed by atoms with E-state index in [0.717, 1.165) is 42.8 Å². The number of nitrogens with one attached hydrogen (secondary N) is 2. The molecule has 2 aliphatic rings. The van der Waals surface area contributed by atoms with Gasteiger partial charge in [-0.25, -0.2) is 4.79 Å². The van der Waals surface area contributed by atoms with Crippen LogP contribution in [0.15, 0.2) is 24.3 Å². The molecule has 0 atom stereocenters. The van der Waals surface area contributed by atoms with Gasteiger partial charge < -0.3 is 15.5 Å². The minimum absolute atomic E-state index is 0.231. The molecular weight excluding hydrogens is 344 g/mol. The van der Waals surface area contributed by atoms with E-state index in [4.69, 9.17) is 0 Å². The number of anilines is 1. The van der Waals surface area contributed by atoms with Crippen molar-refractivity contribution in [2.45, 2.75) is 51.1 Å². The van der Waals surface area contributed by atoms with Gasteiger partial charge in [0.1, 0.15) is 12.1 Å². The Morgan fingerprint density at radius 3 is 2.63 bits per heavy atom. The number of likely N-dealkylation sites (N-methyl/N-ethyl adjacent to an activating group) is 1. The maximum Gasteiger partial charge on any atom is 0.327 e. The minimum atomic E-state index is -0.749. The van der Waals surface area contributed by atoms with Crippen LogP contribution in [0.3, 0.4) is 0 Å². The van der Waals surface area contributed by atoms with Gasteiger partial charge in [-0.15, -0.1) is 0 Å². The molecule has 1 aromatic rings. The third-order valence-electron chi connectivity index (χ3n) is 5.58. The molecular formula is C20H28N4O3. The van der Waals surface area contributed by atoms with Crippen LogP contribution in [-0.2, 0) is 16.1 Å². The largest absolute Gasteiger partial charge is 0.327 e. The molecule has 1 saturated heterocycles. The van der Waals surface area contributed by atoms with Crippen LogP contribution in [0.1, 0.15) is 44.6 Å². The van der Waals surface area contributed by atoms with Gasteiger partial charge in [0, 0.05) is 19.3 Å². The molecule has 27 heavy (non-hydrogen) atoms. The van der Waals surface area contributed by atoms with Crippen molar-refractivity contribution in [1.82, 2.24) is 15.1 Å². The molecule has 3 rings (SSSR count). The van der Waals surface area contributed by atoms with E-state index in [9.17, 15) is 14.4 Å². The van der Waals surface area contributed by atoms with Crippen molar-refractivity contribution in [1.29, 1.82) is 0 Å². The summed E-state index contributed by atoms with van der Waals surface area (Å²) < 4.78 is 0. The summed E-state index contributed by atoms with van der Waals surface area (Å²) in [6.07, 6.45) is 4.31. The third kappa shape index (κ3) is 3.83. The van der Waals surface area contributed by atoms with Gasteiger partial charge >= 0.3 is 6.03 Å². The second kappa shape index (κ2) is 8.08. The first kappa shape index (κ1) is 19.4. The van der Waals surface area contributed by atoms with E-state index in [-0.39, 0.29) is 24.4 Å². The highest BCUT2D eigenvalue weighted by molar-refractivity contribution is 6.10. The predicted octanol–water partition coefficient (Wildman–Crippen LogP) is 2.33. The van der Waals surface area contributed by atoms with Crippen molar-refractivity contribution in [2.75, 3.05) is 25.5 Å². The van der Waals surface area contributed by atoms with Crippen LogP contribution in [0, 0.1) is 0 Å². The number of nitrogens with zero attached hydrogens (tertiary/aromatic N) is 2. The lowest BCUT2D eigenvalue weighted by atomic mass is 9.81. The lowest BCUT2D eigenvalue weighted by Crippen LogP contribution is -2.49. The van der Waals surface area contributed by atoms with Crippen molar-refractivity contribution in [3.8, 4) is 0 Å². The van der Waals surface area contributed by atoms with E-state index in [1.807, 2.05) is 25.1 Å². The molecule has 1 spiro atoms. The van der Waals surface area contributed by atoms with E-state index < -0.39 is 5.54 Å². The van der Waals surface area contributed by atoms with Gasteiger partial charge in [0.15, 0.2) is 0 Å². The first-order chi connectivity index (χ1) is 13.0. The highest BCUT2D eigenvalue weighted by atomic mass is 16.2. The Morgan fingerprint density at radius 2 is 1.93 bits per heavy atom. The van der Waals surface area contributed by atoms with Gasteiger partial charge in [0.25, 0.3) is 5.91 Å². The number of amides is 4. The molecule has 146 valence electrons. The molecule has 1 aromatic carbocycles. The Labute approximate surface area is 160 Å². The first-order valence-electron chi connectivity index (χ1n) is 9.67. The minimum Gasteiger partial charge on any atom is -0.325 e. The molecule has 7 nitrogen and oxygen atoms in total. The maximum absolute atomic E-state index is 12.9. The molecule has 0 radical (unpaired) electrons. The quantitative estimate of drug-likeness (QED) is 0.751. The summed E-state index contributed by atoms with van der Waals surface area (Å²) in [5, 5.41) is 6.04. The Morgan fingerprint density at radius 1 is 1.19 bits per heavy atom. The Balaban J connectivity index is 1.65. The molecule has 1 heterocycles. The Bertz CT molecular complexity index is 728. The zero-order valence-electron chi connectivity index (χ0n) is 16.1. The summed E-state index contributed by atoms with van der Waals surface area (Å²) in [6.45, 7) is 3.37. The Hall–Kier alpha value is -2.41. The molecule has 0 bridgehead atoms. The van der Waals surface area contributed by atoms with Crippen LogP contribution < -0.4 is 10.6 Å². The molecule has 2 fully saturated rings. The highest BCUT2D eigenvalue weighted by Gasteiger charge is 2.55. The summed E-state index contributed by atoms with van der Waals surface area (Å²) in [5.74, 6) is -0.593. The smallest absolute Gasteiger partial charge is 0.325 e. The molecule has 2 N–H and O–H groups in total. The number of hydrogen-bond donors (Lipinski definition) is 2. The van der Waals surface area contributed by atoms with Crippen LogP contribution in [0.2, 0.25) is 0 Å². The van der Waals surface area contributed by atoms with Crippen molar-refractivity contribution in [3.05, 3.63) is 29.8 Å². The summed E-state index contributed by atoms with van der Waals surface area (Å²) in [4.78, 5) is 40.6. The fourth-order valence-electron chi connectivity index (χ4n) is 4.04. The van der Waals surface area contributed by atoms with Crippen LogP contribution in [-0.4, -0.2) is 53.3 Å². The molecule has 0 unspecified atom stereocenters. The lowest BCUT2D eigenvalue weighted by molar-refractivity contribution is -0.136. The third-order valence-corrected chi connectivity index (χ3v) is 5.58. The normalized spacial score (nSPS) is 19.0. The molecule has 7 heteroatoms. The van der Waals surface area contributed by atoms with E-state index >= 15 is 0 Å². The molecule has 4 amide bonds. The molecule has 1 saturated carbocycles. The SMILES string of the molecule is CCNCc1cccc(NC(=O)CN2C(=O)N(C)C3(CCCCC3)C2=O)c1. The average molecular weight is 372 g/mol. The second-order valence-corrected chi connectivity index (χ2v) is 7.35. The lowest BCUT2D eigenvalue weighted by Gasteiger charge is -2.35. The van der Waals surface area contributed by atoms with Crippen LogP contribution in [0.5, 0.6) is 0 Å².